The number of nitrogens with two attached hydrogens (primary N) is 1. The highest BCUT2D eigenvalue weighted by Crippen LogP contribution is 2.09. The van der Waals surface area contributed by atoms with Gasteiger partial charge in [0, 0.05) is 20.1 Å². The smallest absolute Gasteiger partial charge is 0.271 e. The third-order valence-corrected chi connectivity index (χ3v) is 2.53. The summed E-state index contributed by atoms with van der Waals surface area (Å²) < 4.78 is 6.76. The van der Waals surface area contributed by atoms with E-state index in [0.717, 1.165) is 18.7 Å². The van der Waals surface area contributed by atoms with Crippen molar-refractivity contribution in [1.29, 1.82) is 0 Å². The average molecular weight is 240 g/mol. The van der Waals surface area contributed by atoms with Crippen molar-refractivity contribution in [3.8, 4) is 0 Å². The molecular weight excluding hydrogens is 220 g/mol. The van der Waals surface area contributed by atoms with Gasteiger partial charge >= 0.3 is 0 Å². The molecule has 2 N–H and O–H groups in total. The van der Waals surface area contributed by atoms with Crippen LogP contribution in [0.25, 0.3) is 0 Å². The quantitative estimate of drug-likeness (QED) is 0.757. The number of nitrogens with zero attached hydrogens (tertiary/aromatic N) is 3. The van der Waals surface area contributed by atoms with Crippen LogP contribution in [0.15, 0.2) is 0 Å². The minimum absolute atomic E-state index is 0.255. The van der Waals surface area contributed by atoms with Crippen molar-refractivity contribution in [2.24, 2.45) is 11.7 Å². The lowest BCUT2D eigenvalue weighted by Gasteiger charge is -2.08. The molecule has 0 atom stereocenters. The second-order valence-corrected chi connectivity index (χ2v) is 4.40. The molecule has 96 valence electrons. The molecule has 0 aromatic carbocycles. The van der Waals surface area contributed by atoms with E-state index in [2.05, 4.69) is 24.2 Å². The third kappa shape index (κ3) is 3.81. The van der Waals surface area contributed by atoms with Crippen molar-refractivity contribution in [2.45, 2.75) is 33.2 Å². The average Bonchev–Trinajstić information content (AvgIpc) is 2.66. The highest BCUT2D eigenvalue weighted by atomic mass is 16.5. The molecule has 1 aromatic heterocycles. The molecule has 1 amide bonds. The van der Waals surface area contributed by atoms with Gasteiger partial charge in [0.15, 0.2) is 5.69 Å². The fraction of sp³-hybridized carbons (Fsp3) is 0.727. The van der Waals surface area contributed by atoms with Crippen LogP contribution in [-0.2, 0) is 17.7 Å². The number of carbonyl (C=O) groups is 1. The number of primary amides is 1. The molecule has 0 aliphatic carbocycles. The second kappa shape index (κ2) is 6.34. The van der Waals surface area contributed by atoms with Gasteiger partial charge in [0.1, 0.15) is 0 Å². The van der Waals surface area contributed by atoms with E-state index < -0.39 is 5.91 Å². The Morgan fingerprint density at radius 1 is 1.53 bits per heavy atom. The van der Waals surface area contributed by atoms with Crippen molar-refractivity contribution < 1.29 is 9.53 Å². The fourth-order valence-corrected chi connectivity index (χ4v) is 1.53. The molecule has 6 nitrogen and oxygen atoms in total. The summed E-state index contributed by atoms with van der Waals surface area (Å²) in [5, 5.41) is 7.80. The van der Waals surface area contributed by atoms with Crippen LogP contribution in [0.3, 0.4) is 0 Å². The van der Waals surface area contributed by atoms with Gasteiger partial charge in [-0.15, -0.1) is 5.10 Å². The Labute approximate surface area is 101 Å². The number of hydrogen-bond acceptors (Lipinski definition) is 4. The number of amides is 1. The molecule has 1 aromatic rings. The minimum Gasteiger partial charge on any atom is -0.384 e. The molecule has 0 aliphatic heterocycles. The molecule has 0 bridgehead atoms. The van der Waals surface area contributed by atoms with Gasteiger partial charge in [0.05, 0.1) is 12.3 Å². The van der Waals surface area contributed by atoms with E-state index in [1.165, 1.54) is 0 Å². The van der Waals surface area contributed by atoms with Crippen molar-refractivity contribution in [2.75, 3.05) is 13.7 Å². The van der Waals surface area contributed by atoms with Crippen LogP contribution in [0.1, 0.15) is 36.5 Å². The SMILES string of the molecule is COCCc1c(C(N)=O)nnn1CCC(C)C. The van der Waals surface area contributed by atoms with Gasteiger partial charge in [-0.2, -0.15) is 0 Å². The number of rotatable bonds is 7. The topological polar surface area (TPSA) is 83.0 Å². The largest absolute Gasteiger partial charge is 0.384 e. The van der Waals surface area contributed by atoms with E-state index in [-0.39, 0.29) is 5.69 Å². The first-order valence-electron chi connectivity index (χ1n) is 5.77. The van der Waals surface area contributed by atoms with Crippen LogP contribution in [-0.4, -0.2) is 34.6 Å². The lowest BCUT2D eigenvalue weighted by atomic mass is 10.1. The Morgan fingerprint density at radius 3 is 2.76 bits per heavy atom. The van der Waals surface area contributed by atoms with E-state index in [9.17, 15) is 4.79 Å². The Kier molecular flexibility index (Phi) is 5.09. The molecule has 0 spiro atoms. The van der Waals surface area contributed by atoms with Crippen molar-refractivity contribution in [1.82, 2.24) is 15.0 Å². The highest BCUT2D eigenvalue weighted by Gasteiger charge is 2.16. The predicted molar refractivity (Wildman–Crippen MR) is 63.6 cm³/mol. The Hall–Kier alpha value is -1.43. The Bertz CT molecular complexity index is 374. The van der Waals surface area contributed by atoms with Gasteiger partial charge in [-0.25, -0.2) is 4.68 Å². The standard InChI is InChI=1S/C11H20N4O2/c1-8(2)4-6-15-9(5-7-17-3)10(11(12)16)13-14-15/h8H,4-7H2,1-3H3,(H2,12,16). The molecule has 1 rings (SSSR count). The van der Waals surface area contributed by atoms with Crippen molar-refractivity contribution in [3.05, 3.63) is 11.4 Å². The summed E-state index contributed by atoms with van der Waals surface area (Å²) in [6.07, 6.45) is 1.58. The lowest BCUT2D eigenvalue weighted by molar-refractivity contribution is 0.0994. The van der Waals surface area contributed by atoms with Crippen molar-refractivity contribution >= 4 is 5.91 Å². The number of aryl methyl sites for hydroxylation is 1. The first kappa shape index (κ1) is 13.6. The molecule has 1 heterocycles. The first-order valence-corrected chi connectivity index (χ1v) is 5.77. The van der Waals surface area contributed by atoms with Gasteiger partial charge < -0.3 is 10.5 Å². The van der Waals surface area contributed by atoms with Gasteiger partial charge in [-0.1, -0.05) is 19.1 Å². The summed E-state index contributed by atoms with van der Waals surface area (Å²) in [6, 6.07) is 0. The molecule has 6 heteroatoms. The van der Waals surface area contributed by atoms with E-state index in [0.29, 0.717) is 18.9 Å². The number of hydrogen-bond donors (Lipinski definition) is 1. The summed E-state index contributed by atoms with van der Waals surface area (Å²) in [5.41, 5.74) is 6.28. The Morgan fingerprint density at radius 2 is 2.24 bits per heavy atom. The van der Waals surface area contributed by atoms with Gasteiger partial charge in [0.2, 0.25) is 0 Å². The van der Waals surface area contributed by atoms with Gasteiger partial charge in [-0.3, -0.25) is 4.79 Å². The zero-order valence-electron chi connectivity index (χ0n) is 10.6. The van der Waals surface area contributed by atoms with Gasteiger partial charge in [-0.05, 0) is 12.3 Å². The van der Waals surface area contributed by atoms with E-state index in [1.54, 1.807) is 11.8 Å². The normalized spacial score (nSPS) is 11.1. The summed E-state index contributed by atoms with van der Waals surface area (Å²) in [6.45, 7) is 5.55. The lowest BCUT2D eigenvalue weighted by Crippen LogP contribution is -2.17. The molecule has 17 heavy (non-hydrogen) atoms. The van der Waals surface area contributed by atoms with E-state index in [1.807, 2.05) is 0 Å². The zero-order valence-corrected chi connectivity index (χ0v) is 10.6. The number of carbonyl (C=O) groups excluding carboxylic acids is 1. The van der Waals surface area contributed by atoms with Gasteiger partial charge in [0.25, 0.3) is 5.91 Å². The summed E-state index contributed by atoms with van der Waals surface area (Å²) in [4.78, 5) is 11.2. The Balaban J connectivity index is 2.84. The number of aromatic nitrogens is 3. The summed E-state index contributed by atoms with van der Waals surface area (Å²) >= 11 is 0. The van der Waals surface area contributed by atoms with Crippen molar-refractivity contribution in [3.63, 3.8) is 0 Å². The molecular formula is C11H20N4O2. The van der Waals surface area contributed by atoms with Crippen LogP contribution < -0.4 is 5.73 Å². The van der Waals surface area contributed by atoms with Crippen LogP contribution in [0.4, 0.5) is 0 Å². The van der Waals surface area contributed by atoms with Crippen LogP contribution in [0.5, 0.6) is 0 Å². The number of ether oxygens (including phenoxy) is 1. The van der Waals surface area contributed by atoms with E-state index in [4.69, 9.17) is 10.5 Å². The maximum atomic E-state index is 11.2. The van der Waals surface area contributed by atoms with E-state index >= 15 is 0 Å². The maximum Gasteiger partial charge on any atom is 0.271 e. The van der Waals surface area contributed by atoms with Crippen LogP contribution in [0, 0.1) is 5.92 Å². The molecule has 0 unspecified atom stereocenters. The molecule has 0 aliphatic rings. The maximum absolute atomic E-state index is 11.2. The fourth-order valence-electron chi connectivity index (χ4n) is 1.53. The second-order valence-electron chi connectivity index (χ2n) is 4.40. The van der Waals surface area contributed by atoms with Crippen LogP contribution in [0.2, 0.25) is 0 Å². The molecule has 0 saturated carbocycles. The molecule has 0 saturated heterocycles. The minimum atomic E-state index is -0.535. The third-order valence-electron chi connectivity index (χ3n) is 2.53. The zero-order chi connectivity index (χ0) is 12.8. The monoisotopic (exact) mass is 240 g/mol. The first-order chi connectivity index (χ1) is 8.06. The highest BCUT2D eigenvalue weighted by molar-refractivity contribution is 5.91. The molecule has 0 fully saturated rings. The summed E-state index contributed by atoms with van der Waals surface area (Å²) in [7, 11) is 1.62. The summed E-state index contributed by atoms with van der Waals surface area (Å²) in [5.74, 6) is 0.0402. The molecule has 0 radical (unpaired) electrons. The number of methoxy groups -OCH3 is 1. The van der Waals surface area contributed by atoms with Crippen LogP contribution >= 0.6 is 0 Å². The predicted octanol–water partition coefficient (Wildman–Crippen LogP) is 0.612.